The number of nitrogens with zero attached hydrogens (tertiary/aromatic N) is 3. The smallest absolute Gasteiger partial charge is 0.263 e. The van der Waals surface area contributed by atoms with Crippen LogP contribution in [0.15, 0.2) is 40.8 Å². The topological polar surface area (TPSA) is 55.2 Å². The molecule has 3 aromatic rings. The van der Waals surface area contributed by atoms with E-state index in [-0.39, 0.29) is 29.9 Å². The van der Waals surface area contributed by atoms with E-state index in [1.165, 1.54) is 34.4 Å². The van der Waals surface area contributed by atoms with E-state index in [0.29, 0.717) is 10.2 Å². The number of aromatic nitrogens is 2. The van der Waals surface area contributed by atoms with Gasteiger partial charge in [0.1, 0.15) is 17.2 Å². The summed E-state index contributed by atoms with van der Waals surface area (Å²) in [5, 5.41) is 2.34. The van der Waals surface area contributed by atoms with Gasteiger partial charge in [0.25, 0.3) is 5.56 Å². The van der Waals surface area contributed by atoms with Gasteiger partial charge < -0.3 is 4.90 Å². The van der Waals surface area contributed by atoms with Crippen LogP contribution < -0.4 is 5.56 Å². The highest BCUT2D eigenvalue weighted by Crippen LogP contribution is 2.30. The third-order valence-electron chi connectivity index (χ3n) is 5.44. The molecule has 1 saturated heterocycles. The molecule has 1 aromatic carbocycles. The molecule has 1 fully saturated rings. The summed E-state index contributed by atoms with van der Waals surface area (Å²) in [6.07, 6.45) is 5.56. The molecule has 0 bridgehead atoms. The van der Waals surface area contributed by atoms with Crippen LogP contribution in [0, 0.1) is 5.82 Å². The first-order chi connectivity index (χ1) is 13.6. The van der Waals surface area contributed by atoms with Gasteiger partial charge in [-0.25, -0.2) is 9.37 Å². The standard InChI is InChI=1S/C21H22FN3O2S/c1-2-16-5-3-4-10-25(16)18(26)11-24-13-23-20-19(21(24)27)17(12-28-20)14-6-8-15(22)9-7-14/h6-9,12-13,16H,2-5,10-11H2,1H3. The highest BCUT2D eigenvalue weighted by molar-refractivity contribution is 7.17. The van der Waals surface area contributed by atoms with Gasteiger partial charge in [0.2, 0.25) is 5.91 Å². The lowest BCUT2D eigenvalue weighted by Gasteiger charge is -2.35. The minimum absolute atomic E-state index is 0.00300. The predicted molar refractivity (Wildman–Crippen MR) is 109 cm³/mol. The lowest BCUT2D eigenvalue weighted by Crippen LogP contribution is -2.45. The van der Waals surface area contributed by atoms with Crippen molar-refractivity contribution in [1.29, 1.82) is 0 Å². The number of benzene rings is 1. The number of piperidine rings is 1. The molecule has 1 aliphatic heterocycles. The third kappa shape index (κ3) is 3.46. The number of rotatable bonds is 4. The molecule has 0 saturated carbocycles. The number of carbonyl (C=O) groups excluding carboxylic acids is 1. The van der Waals surface area contributed by atoms with E-state index in [1.54, 1.807) is 12.1 Å². The summed E-state index contributed by atoms with van der Waals surface area (Å²) < 4.78 is 14.6. The average molecular weight is 399 g/mol. The van der Waals surface area contributed by atoms with Crippen molar-refractivity contribution in [2.45, 2.75) is 45.2 Å². The number of carbonyl (C=O) groups is 1. The molecule has 0 aliphatic carbocycles. The van der Waals surface area contributed by atoms with Gasteiger partial charge in [0.05, 0.1) is 11.7 Å². The monoisotopic (exact) mass is 399 g/mol. The number of thiophene rings is 1. The Balaban J connectivity index is 1.68. The van der Waals surface area contributed by atoms with Crippen LogP contribution >= 0.6 is 11.3 Å². The molecule has 2 aromatic heterocycles. The summed E-state index contributed by atoms with van der Waals surface area (Å²) >= 11 is 1.37. The van der Waals surface area contributed by atoms with E-state index >= 15 is 0 Å². The van der Waals surface area contributed by atoms with E-state index in [0.717, 1.165) is 43.4 Å². The van der Waals surface area contributed by atoms with Crippen LogP contribution in [0.2, 0.25) is 0 Å². The lowest BCUT2D eigenvalue weighted by molar-refractivity contribution is -0.135. The fourth-order valence-corrected chi connectivity index (χ4v) is 4.82. The Kier molecular flexibility index (Phi) is 5.26. The van der Waals surface area contributed by atoms with Crippen molar-refractivity contribution in [1.82, 2.24) is 14.5 Å². The molecule has 1 unspecified atom stereocenters. The van der Waals surface area contributed by atoms with Crippen LogP contribution in [0.25, 0.3) is 21.3 Å². The summed E-state index contributed by atoms with van der Waals surface area (Å²) in [6, 6.07) is 6.30. The number of hydrogen-bond acceptors (Lipinski definition) is 4. The van der Waals surface area contributed by atoms with Gasteiger partial charge >= 0.3 is 0 Å². The first kappa shape index (κ1) is 18.8. The van der Waals surface area contributed by atoms with Crippen LogP contribution in [0.5, 0.6) is 0 Å². The van der Waals surface area contributed by atoms with Gasteiger partial charge in [-0.3, -0.25) is 14.2 Å². The zero-order valence-electron chi connectivity index (χ0n) is 15.7. The maximum Gasteiger partial charge on any atom is 0.263 e. The fourth-order valence-electron chi connectivity index (χ4n) is 3.91. The molecule has 0 spiro atoms. The second-order valence-electron chi connectivity index (χ2n) is 7.16. The number of hydrogen-bond donors (Lipinski definition) is 0. The summed E-state index contributed by atoms with van der Waals surface area (Å²) in [4.78, 5) is 32.9. The van der Waals surface area contributed by atoms with Crippen molar-refractivity contribution in [2.75, 3.05) is 6.54 Å². The van der Waals surface area contributed by atoms with Gasteiger partial charge in [0, 0.05) is 23.5 Å². The molecular formula is C21H22FN3O2S. The Morgan fingerprint density at radius 3 is 2.82 bits per heavy atom. The molecule has 1 amide bonds. The van der Waals surface area contributed by atoms with Gasteiger partial charge in [-0.05, 0) is 43.4 Å². The van der Waals surface area contributed by atoms with E-state index in [4.69, 9.17) is 0 Å². The van der Waals surface area contributed by atoms with Crippen molar-refractivity contribution in [2.24, 2.45) is 0 Å². The average Bonchev–Trinajstić information content (AvgIpc) is 3.15. The Bertz CT molecular complexity index is 1060. The Morgan fingerprint density at radius 1 is 1.29 bits per heavy atom. The Labute approximate surface area is 166 Å². The van der Waals surface area contributed by atoms with Crippen molar-refractivity contribution in [3.05, 3.63) is 52.1 Å². The zero-order chi connectivity index (χ0) is 19.7. The third-order valence-corrected chi connectivity index (χ3v) is 6.33. The van der Waals surface area contributed by atoms with Crippen molar-refractivity contribution in [3.63, 3.8) is 0 Å². The molecule has 28 heavy (non-hydrogen) atoms. The van der Waals surface area contributed by atoms with Crippen LogP contribution in [0.4, 0.5) is 4.39 Å². The van der Waals surface area contributed by atoms with Gasteiger partial charge in [-0.1, -0.05) is 19.1 Å². The molecular weight excluding hydrogens is 377 g/mol. The Morgan fingerprint density at radius 2 is 2.07 bits per heavy atom. The molecule has 4 rings (SSSR count). The first-order valence-corrected chi connectivity index (χ1v) is 10.5. The SMILES string of the molecule is CCC1CCCCN1C(=O)Cn1cnc2scc(-c3ccc(F)cc3)c2c1=O. The molecule has 0 radical (unpaired) electrons. The minimum Gasteiger partial charge on any atom is -0.338 e. The number of likely N-dealkylation sites (tertiary alicyclic amines) is 1. The molecule has 5 nitrogen and oxygen atoms in total. The zero-order valence-corrected chi connectivity index (χ0v) is 16.5. The minimum atomic E-state index is -0.323. The Hall–Kier alpha value is -2.54. The van der Waals surface area contributed by atoms with E-state index in [2.05, 4.69) is 11.9 Å². The van der Waals surface area contributed by atoms with Crippen molar-refractivity contribution in [3.8, 4) is 11.1 Å². The lowest BCUT2D eigenvalue weighted by atomic mass is 10.00. The van der Waals surface area contributed by atoms with E-state index in [9.17, 15) is 14.0 Å². The van der Waals surface area contributed by atoms with Crippen LogP contribution in [0.1, 0.15) is 32.6 Å². The van der Waals surface area contributed by atoms with Crippen LogP contribution in [0.3, 0.4) is 0 Å². The summed E-state index contributed by atoms with van der Waals surface area (Å²) in [6.45, 7) is 2.84. The van der Waals surface area contributed by atoms with Gasteiger partial charge in [-0.2, -0.15) is 0 Å². The maximum atomic E-state index is 13.2. The second kappa shape index (κ2) is 7.83. The normalized spacial score (nSPS) is 17.2. The second-order valence-corrected chi connectivity index (χ2v) is 8.02. The van der Waals surface area contributed by atoms with Gasteiger partial charge in [-0.15, -0.1) is 11.3 Å². The first-order valence-electron chi connectivity index (χ1n) is 9.60. The molecule has 7 heteroatoms. The largest absolute Gasteiger partial charge is 0.338 e. The quantitative estimate of drug-likeness (QED) is 0.665. The summed E-state index contributed by atoms with van der Waals surface area (Å²) in [5.41, 5.74) is 1.25. The molecule has 3 heterocycles. The predicted octanol–water partition coefficient (Wildman–Crippen LogP) is 4.06. The molecule has 146 valence electrons. The summed E-state index contributed by atoms with van der Waals surface area (Å²) in [7, 11) is 0. The summed E-state index contributed by atoms with van der Waals surface area (Å²) in [5.74, 6) is -0.357. The maximum absolute atomic E-state index is 13.2. The van der Waals surface area contributed by atoms with Crippen molar-refractivity contribution < 1.29 is 9.18 Å². The van der Waals surface area contributed by atoms with E-state index < -0.39 is 0 Å². The van der Waals surface area contributed by atoms with Crippen LogP contribution in [-0.2, 0) is 11.3 Å². The molecule has 1 atom stereocenters. The number of halogens is 1. The number of amides is 1. The molecule has 1 aliphatic rings. The van der Waals surface area contributed by atoms with E-state index in [1.807, 2.05) is 10.3 Å². The number of fused-ring (bicyclic) bond motifs is 1. The highest BCUT2D eigenvalue weighted by Gasteiger charge is 2.26. The van der Waals surface area contributed by atoms with Gasteiger partial charge in [0.15, 0.2) is 0 Å². The molecule has 0 N–H and O–H groups in total. The van der Waals surface area contributed by atoms with Crippen LogP contribution in [-0.4, -0.2) is 32.9 Å². The van der Waals surface area contributed by atoms with Crippen molar-refractivity contribution >= 4 is 27.5 Å². The highest BCUT2D eigenvalue weighted by atomic mass is 32.1. The fraction of sp³-hybridized carbons (Fsp3) is 0.381.